The molecule has 3 heterocycles. The lowest BCUT2D eigenvalue weighted by Crippen LogP contribution is -2.50. The number of fused-ring (bicyclic) bond motifs is 2. The van der Waals surface area contributed by atoms with Crippen molar-refractivity contribution in [3.8, 4) is 5.75 Å². The molecule has 0 fully saturated rings. The topological polar surface area (TPSA) is 81.1 Å². The van der Waals surface area contributed by atoms with Gasteiger partial charge in [0.15, 0.2) is 0 Å². The van der Waals surface area contributed by atoms with Gasteiger partial charge < -0.3 is 15.4 Å². The number of nitrogens with zero attached hydrogens (tertiary/aromatic N) is 3. The Morgan fingerprint density at radius 2 is 2.24 bits per heavy atom. The number of benzene rings is 1. The molecule has 2 N–H and O–H groups in total. The Morgan fingerprint density at radius 3 is 3.16 bits per heavy atom. The number of aromatic nitrogens is 3. The second-order valence-electron chi connectivity index (χ2n) is 6.72. The first-order valence-corrected chi connectivity index (χ1v) is 8.85. The summed E-state index contributed by atoms with van der Waals surface area (Å²) in [5, 5.41) is 10.8. The molecule has 0 saturated carbocycles. The van der Waals surface area contributed by atoms with Crippen molar-refractivity contribution in [2.75, 3.05) is 6.61 Å². The van der Waals surface area contributed by atoms with Crippen LogP contribution < -0.4 is 15.4 Å². The van der Waals surface area contributed by atoms with Crippen LogP contribution in [0.2, 0.25) is 0 Å². The van der Waals surface area contributed by atoms with Gasteiger partial charge in [-0.1, -0.05) is 18.2 Å². The first-order valence-electron chi connectivity index (χ1n) is 8.85. The van der Waals surface area contributed by atoms with Crippen LogP contribution in [0.5, 0.6) is 5.75 Å². The molecule has 0 radical (unpaired) electrons. The maximum absolute atomic E-state index is 12.6. The van der Waals surface area contributed by atoms with Gasteiger partial charge in [-0.3, -0.25) is 4.79 Å². The molecule has 3 atom stereocenters. The molecule has 1 aromatic carbocycles. The summed E-state index contributed by atoms with van der Waals surface area (Å²) in [4.78, 5) is 16.9. The van der Waals surface area contributed by atoms with Crippen LogP contribution in [0.4, 0.5) is 0 Å². The summed E-state index contributed by atoms with van der Waals surface area (Å²) in [7, 11) is 0. The number of rotatable bonds is 4. The summed E-state index contributed by atoms with van der Waals surface area (Å²) >= 11 is 0. The molecule has 4 rings (SSSR count). The largest absolute Gasteiger partial charge is 0.493 e. The second-order valence-corrected chi connectivity index (χ2v) is 6.72. The van der Waals surface area contributed by atoms with E-state index in [0.717, 1.165) is 42.9 Å². The molecule has 3 unspecified atom stereocenters. The van der Waals surface area contributed by atoms with Crippen LogP contribution in [0.25, 0.3) is 0 Å². The first kappa shape index (κ1) is 16.1. The Kier molecular flexibility index (Phi) is 4.40. The van der Waals surface area contributed by atoms with E-state index in [0.29, 0.717) is 6.61 Å². The highest BCUT2D eigenvalue weighted by molar-refractivity contribution is 5.81. The highest BCUT2D eigenvalue weighted by atomic mass is 16.5. The fourth-order valence-corrected chi connectivity index (χ4v) is 3.59. The van der Waals surface area contributed by atoms with E-state index in [1.54, 1.807) is 6.33 Å². The lowest BCUT2D eigenvalue weighted by Gasteiger charge is -2.30. The van der Waals surface area contributed by atoms with Crippen molar-refractivity contribution in [1.82, 2.24) is 25.4 Å². The Morgan fingerprint density at radius 1 is 1.36 bits per heavy atom. The van der Waals surface area contributed by atoms with Crippen molar-refractivity contribution >= 4 is 5.91 Å². The normalized spacial score (nSPS) is 23.1. The molecule has 132 valence electrons. The van der Waals surface area contributed by atoms with Gasteiger partial charge in [-0.2, -0.15) is 5.10 Å². The third-order valence-corrected chi connectivity index (χ3v) is 4.96. The molecule has 7 nitrogen and oxygen atoms in total. The van der Waals surface area contributed by atoms with E-state index in [-0.39, 0.29) is 24.0 Å². The van der Waals surface area contributed by atoms with Gasteiger partial charge in [0.05, 0.1) is 25.2 Å². The van der Waals surface area contributed by atoms with Crippen LogP contribution in [0, 0.1) is 0 Å². The summed E-state index contributed by atoms with van der Waals surface area (Å²) in [5.41, 5.74) is 1.05. The zero-order valence-electron chi connectivity index (χ0n) is 14.3. The van der Waals surface area contributed by atoms with E-state index in [4.69, 9.17) is 4.74 Å². The molecule has 7 heteroatoms. The molecule has 0 aliphatic carbocycles. The zero-order chi connectivity index (χ0) is 17.2. The van der Waals surface area contributed by atoms with Gasteiger partial charge in [-0.05, 0) is 19.4 Å². The van der Waals surface area contributed by atoms with Crippen LogP contribution in [0.1, 0.15) is 37.2 Å². The Hall–Kier alpha value is -2.41. The monoisotopic (exact) mass is 341 g/mol. The minimum atomic E-state index is -0.259. The Balaban J connectivity index is 1.36. The van der Waals surface area contributed by atoms with Crippen molar-refractivity contribution in [2.45, 2.75) is 50.9 Å². The van der Waals surface area contributed by atoms with Crippen LogP contribution >= 0.6 is 0 Å². The lowest BCUT2D eigenvalue weighted by molar-refractivity contribution is -0.124. The van der Waals surface area contributed by atoms with Gasteiger partial charge in [-0.15, -0.1) is 0 Å². The number of ether oxygens (including phenoxy) is 1. The number of carbonyl (C=O) groups is 1. The van der Waals surface area contributed by atoms with Gasteiger partial charge in [-0.25, -0.2) is 9.67 Å². The molecular weight excluding hydrogens is 318 g/mol. The van der Waals surface area contributed by atoms with Crippen molar-refractivity contribution < 1.29 is 9.53 Å². The summed E-state index contributed by atoms with van der Waals surface area (Å²) in [5.74, 6) is 1.91. The predicted octanol–water partition coefficient (Wildman–Crippen LogP) is 1.21. The van der Waals surface area contributed by atoms with E-state index in [1.807, 2.05) is 35.9 Å². The average Bonchev–Trinajstić information content (AvgIpc) is 3.10. The van der Waals surface area contributed by atoms with Crippen molar-refractivity contribution in [2.24, 2.45) is 0 Å². The quantitative estimate of drug-likeness (QED) is 0.874. The lowest BCUT2D eigenvalue weighted by atomic mass is 10.00. The third-order valence-electron chi connectivity index (χ3n) is 4.96. The fourth-order valence-electron chi connectivity index (χ4n) is 3.59. The summed E-state index contributed by atoms with van der Waals surface area (Å²) < 4.78 is 7.58. The van der Waals surface area contributed by atoms with Gasteiger partial charge in [0, 0.05) is 24.4 Å². The molecule has 25 heavy (non-hydrogen) atoms. The molecule has 0 spiro atoms. The SMILES string of the molecule is CC(NC1CCc2ncnn2C1)C(=O)NC1CCOc2ccccc21. The molecular formula is C18H23N5O2. The molecule has 2 aliphatic rings. The second kappa shape index (κ2) is 6.84. The molecule has 1 amide bonds. The maximum Gasteiger partial charge on any atom is 0.237 e. The van der Waals surface area contributed by atoms with Crippen molar-refractivity contribution in [3.63, 3.8) is 0 Å². The smallest absolute Gasteiger partial charge is 0.237 e. The summed E-state index contributed by atoms with van der Waals surface area (Å²) in [6.07, 6.45) is 4.24. The number of hydrogen-bond donors (Lipinski definition) is 2. The molecule has 2 aliphatic heterocycles. The Bertz CT molecular complexity index is 759. The fraction of sp³-hybridized carbons (Fsp3) is 0.500. The van der Waals surface area contributed by atoms with E-state index >= 15 is 0 Å². The number of nitrogens with one attached hydrogen (secondary N) is 2. The number of hydrogen-bond acceptors (Lipinski definition) is 5. The third kappa shape index (κ3) is 3.37. The maximum atomic E-state index is 12.6. The number of aryl methyl sites for hydroxylation is 1. The van der Waals surface area contributed by atoms with Gasteiger partial charge in [0.1, 0.15) is 17.9 Å². The van der Waals surface area contributed by atoms with Crippen LogP contribution in [0.15, 0.2) is 30.6 Å². The zero-order valence-corrected chi connectivity index (χ0v) is 14.3. The van der Waals surface area contributed by atoms with Crippen LogP contribution in [-0.2, 0) is 17.8 Å². The van der Waals surface area contributed by atoms with E-state index in [1.165, 1.54) is 0 Å². The van der Waals surface area contributed by atoms with Gasteiger partial charge >= 0.3 is 0 Å². The van der Waals surface area contributed by atoms with Crippen LogP contribution in [0.3, 0.4) is 0 Å². The molecule has 1 aromatic heterocycles. The minimum absolute atomic E-state index is 0.00924. The summed E-state index contributed by atoms with van der Waals surface area (Å²) in [6.45, 7) is 3.30. The van der Waals surface area contributed by atoms with Crippen molar-refractivity contribution in [1.29, 1.82) is 0 Å². The first-order chi connectivity index (χ1) is 12.2. The van der Waals surface area contributed by atoms with Gasteiger partial charge in [0.2, 0.25) is 5.91 Å². The standard InChI is InChI=1S/C18H23N5O2/c1-12(21-13-6-7-17-19-11-20-23(17)10-13)18(24)22-15-8-9-25-16-5-3-2-4-14(15)16/h2-5,11-13,15,21H,6-10H2,1H3,(H,22,24). The average molecular weight is 341 g/mol. The van der Waals surface area contributed by atoms with Crippen molar-refractivity contribution in [3.05, 3.63) is 42.0 Å². The molecule has 0 bridgehead atoms. The molecule has 2 aromatic rings. The molecule has 0 saturated heterocycles. The number of amides is 1. The minimum Gasteiger partial charge on any atom is -0.493 e. The number of para-hydroxylation sites is 1. The predicted molar refractivity (Wildman–Crippen MR) is 92.2 cm³/mol. The highest BCUT2D eigenvalue weighted by Crippen LogP contribution is 2.31. The van der Waals surface area contributed by atoms with E-state index < -0.39 is 0 Å². The van der Waals surface area contributed by atoms with E-state index in [2.05, 4.69) is 20.7 Å². The number of carbonyl (C=O) groups excluding carboxylic acids is 1. The van der Waals surface area contributed by atoms with E-state index in [9.17, 15) is 4.79 Å². The van der Waals surface area contributed by atoms with Gasteiger partial charge in [0.25, 0.3) is 0 Å². The Labute approximate surface area is 146 Å². The van der Waals surface area contributed by atoms with Crippen LogP contribution in [-0.4, -0.2) is 39.4 Å². The summed E-state index contributed by atoms with van der Waals surface area (Å²) in [6, 6.07) is 7.88. The highest BCUT2D eigenvalue weighted by Gasteiger charge is 2.27.